The normalized spacial score (nSPS) is 24.2. The van der Waals surface area contributed by atoms with Crippen LogP contribution in [0.2, 0.25) is 0 Å². The molecule has 110 valence electrons. The van der Waals surface area contributed by atoms with Crippen molar-refractivity contribution in [2.45, 2.75) is 37.8 Å². The van der Waals surface area contributed by atoms with Crippen molar-refractivity contribution >= 4 is 11.7 Å². The van der Waals surface area contributed by atoms with E-state index in [1.165, 1.54) is 6.20 Å². The van der Waals surface area contributed by atoms with Gasteiger partial charge in [0.15, 0.2) is 0 Å². The van der Waals surface area contributed by atoms with E-state index >= 15 is 0 Å². The number of carbonyl (C=O) groups excluding carboxylic acids is 1. The molecule has 2 unspecified atom stereocenters. The third-order valence-corrected chi connectivity index (χ3v) is 4.19. The number of rotatable bonds is 2. The summed E-state index contributed by atoms with van der Waals surface area (Å²) in [6.45, 7) is 3.43. The fourth-order valence-corrected chi connectivity index (χ4v) is 3.34. The molecule has 1 amide bonds. The van der Waals surface area contributed by atoms with Gasteiger partial charge in [-0.3, -0.25) is 4.90 Å². The van der Waals surface area contributed by atoms with Crippen LogP contribution in [0, 0.1) is 5.95 Å². The highest BCUT2D eigenvalue weighted by atomic mass is 19.1. The second-order valence-electron chi connectivity index (χ2n) is 5.28. The maximum Gasteiger partial charge on any atom is 0.415 e. The van der Waals surface area contributed by atoms with Crippen LogP contribution in [0.15, 0.2) is 37.2 Å². The molecule has 0 aromatic carbocycles. The Morgan fingerprint density at radius 3 is 3.10 bits per heavy atom. The van der Waals surface area contributed by atoms with E-state index in [0.717, 1.165) is 37.5 Å². The number of hydrogen-bond acceptors (Lipinski definition) is 3. The first kappa shape index (κ1) is 13.8. The van der Waals surface area contributed by atoms with Gasteiger partial charge in [-0.1, -0.05) is 12.7 Å². The summed E-state index contributed by atoms with van der Waals surface area (Å²) in [7, 11) is 0. The molecule has 2 bridgehead atoms. The number of allylic oxidation sites excluding steroid dienone is 1. The third-order valence-electron chi connectivity index (χ3n) is 4.19. The van der Waals surface area contributed by atoms with E-state index in [1.807, 2.05) is 6.08 Å². The molecule has 0 spiro atoms. The molecule has 0 radical (unpaired) electrons. The first-order chi connectivity index (χ1) is 10.2. The van der Waals surface area contributed by atoms with E-state index in [9.17, 15) is 9.18 Å². The van der Waals surface area contributed by atoms with E-state index < -0.39 is 12.0 Å². The largest absolute Gasteiger partial charge is 0.419 e. The second kappa shape index (κ2) is 5.68. The van der Waals surface area contributed by atoms with Gasteiger partial charge in [0.05, 0.1) is 12.3 Å². The van der Waals surface area contributed by atoms with Gasteiger partial charge < -0.3 is 4.74 Å². The molecule has 1 fully saturated rings. The fourth-order valence-electron chi connectivity index (χ4n) is 3.34. The summed E-state index contributed by atoms with van der Waals surface area (Å²) in [6, 6.07) is 3.42. The van der Waals surface area contributed by atoms with E-state index in [1.54, 1.807) is 17.0 Å². The number of nitrogens with zero attached hydrogens (tertiary/aromatic N) is 2. The number of hydrogen-bond donors (Lipinski definition) is 0. The third kappa shape index (κ3) is 2.44. The van der Waals surface area contributed by atoms with Gasteiger partial charge in [0.25, 0.3) is 0 Å². The Morgan fingerprint density at radius 1 is 1.48 bits per heavy atom. The van der Waals surface area contributed by atoms with Gasteiger partial charge in [-0.2, -0.15) is 4.39 Å². The Hall–Kier alpha value is -2.17. The zero-order valence-electron chi connectivity index (χ0n) is 11.7. The monoisotopic (exact) mass is 288 g/mol. The minimum atomic E-state index is -0.494. The average molecular weight is 288 g/mol. The first-order valence-corrected chi connectivity index (χ1v) is 7.13. The molecule has 0 aliphatic carbocycles. The molecular weight excluding hydrogens is 271 g/mol. The van der Waals surface area contributed by atoms with Gasteiger partial charge in [-0.15, -0.1) is 0 Å². The molecule has 4 nitrogen and oxygen atoms in total. The summed E-state index contributed by atoms with van der Waals surface area (Å²) in [6.07, 6.45) is 7.61. The number of halogens is 1. The number of pyridine rings is 1. The van der Waals surface area contributed by atoms with Crippen LogP contribution in [0.5, 0.6) is 0 Å². The summed E-state index contributed by atoms with van der Waals surface area (Å²) in [5, 5.41) is 0. The van der Waals surface area contributed by atoms with Gasteiger partial charge >= 0.3 is 6.09 Å². The van der Waals surface area contributed by atoms with E-state index in [4.69, 9.17) is 4.74 Å². The van der Waals surface area contributed by atoms with Gasteiger partial charge in [0.2, 0.25) is 5.95 Å². The highest BCUT2D eigenvalue weighted by Crippen LogP contribution is 2.39. The molecule has 1 saturated heterocycles. The van der Waals surface area contributed by atoms with E-state index in [0.29, 0.717) is 5.56 Å². The van der Waals surface area contributed by atoms with Gasteiger partial charge in [0, 0.05) is 17.8 Å². The lowest BCUT2D eigenvalue weighted by atomic mass is 9.95. The lowest BCUT2D eigenvalue weighted by Crippen LogP contribution is -2.40. The number of fused-ring (bicyclic) bond motifs is 2. The van der Waals surface area contributed by atoms with Crippen LogP contribution >= 0.6 is 0 Å². The molecular formula is C16H17FN2O2. The lowest BCUT2D eigenvalue weighted by Gasteiger charge is -2.28. The molecule has 21 heavy (non-hydrogen) atoms. The molecule has 3 heterocycles. The summed E-state index contributed by atoms with van der Waals surface area (Å²) < 4.78 is 18.9. The van der Waals surface area contributed by atoms with Crippen LogP contribution in [-0.2, 0) is 4.74 Å². The maximum atomic E-state index is 14.0. The van der Waals surface area contributed by atoms with Crippen LogP contribution in [0.25, 0.3) is 5.57 Å². The topological polar surface area (TPSA) is 42.4 Å². The zero-order chi connectivity index (χ0) is 14.8. The molecule has 1 aromatic rings. The molecule has 2 aliphatic rings. The molecule has 0 saturated carbocycles. The van der Waals surface area contributed by atoms with Crippen molar-refractivity contribution in [2.24, 2.45) is 0 Å². The minimum Gasteiger partial charge on any atom is -0.419 e. The SMILES string of the molecule is C=COC(=O)N1C2CCC=C(c3cccnc3F)C1CC2. The van der Waals surface area contributed by atoms with Crippen LogP contribution in [0.4, 0.5) is 9.18 Å². The molecule has 1 aromatic heterocycles. The van der Waals surface area contributed by atoms with Crippen molar-refractivity contribution in [2.75, 3.05) is 0 Å². The number of carbonyl (C=O) groups is 1. The maximum absolute atomic E-state index is 14.0. The highest BCUT2D eigenvalue weighted by molar-refractivity contribution is 5.78. The number of ether oxygens (including phenoxy) is 1. The van der Waals surface area contributed by atoms with Crippen LogP contribution in [0.3, 0.4) is 0 Å². The first-order valence-electron chi connectivity index (χ1n) is 7.13. The molecule has 3 rings (SSSR count). The van der Waals surface area contributed by atoms with Gasteiger partial charge in [-0.25, -0.2) is 9.78 Å². The highest BCUT2D eigenvalue weighted by Gasteiger charge is 2.41. The van der Waals surface area contributed by atoms with Crippen molar-refractivity contribution < 1.29 is 13.9 Å². The quantitative estimate of drug-likeness (QED) is 0.618. The predicted molar refractivity (Wildman–Crippen MR) is 76.7 cm³/mol. The van der Waals surface area contributed by atoms with Gasteiger partial charge in [0.1, 0.15) is 0 Å². The Bertz CT molecular complexity index is 600. The molecule has 2 atom stereocenters. The lowest BCUT2D eigenvalue weighted by molar-refractivity contribution is 0.123. The van der Waals surface area contributed by atoms with E-state index in [2.05, 4.69) is 11.6 Å². The zero-order valence-corrected chi connectivity index (χ0v) is 11.7. The second-order valence-corrected chi connectivity index (χ2v) is 5.28. The van der Waals surface area contributed by atoms with E-state index in [-0.39, 0.29) is 12.1 Å². The summed E-state index contributed by atoms with van der Waals surface area (Å²) in [5.41, 5.74) is 1.31. The summed E-state index contributed by atoms with van der Waals surface area (Å²) in [4.78, 5) is 17.6. The number of amides is 1. The van der Waals surface area contributed by atoms with Crippen molar-refractivity contribution in [1.82, 2.24) is 9.88 Å². The Labute approximate surface area is 122 Å². The van der Waals surface area contributed by atoms with Crippen LogP contribution < -0.4 is 0 Å². The van der Waals surface area contributed by atoms with Gasteiger partial charge in [-0.05, 0) is 43.4 Å². The standard InChI is InChI=1S/C16H17FN2O2/c1-2-21-16(20)19-11-5-3-6-12(14(19)9-8-11)13-7-4-10-18-15(13)17/h2,4,6-7,10-11,14H,1,3,5,8-9H2. The fraction of sp³-hybridized carbons (Fsp3) is 0.375. The van der Waals surface area contributed by atoms with Crippen molar-refractivity contribution in [3.05, 3.63) is 48.8 Å². The van der Waals surface area contributed by atoms with Crippen LogP contribution in [0.1, 0.15) is 31.2 Å². The van der Waals surface area contributed by atoms with Crippen molar-refractivity contribution in [3.8, 4) is 0 Å². The minimum absolute atomic E-state index is 0.149. The van der Waals surface area contributed by atoms with Crippen LogP contribution in [-0.4, -0.2) is 28.1 Å². The summed E-state index contributed by atoms with van der Waals surface area (Å²) >= 11 is 0. The molecule has 2 aliphatic heterocycles. The Kier molecular flexibility index (Phi) is 3.73. The van der Waals surface area contributed by atoms with Crippen molar-refractivity contribution in [3.63, 3.8) is 0 Å². The average Bonchev–Trinajstić information content (AvgIpc) is 2.77. The molecule has 5 heteroatoms. The predicted octanol–water partition coefficient (Wildman–Crippen LogP) is 3.51. The Morgan fingerprint density at radius 2 is 2.33 bits per heavy atom. The van der Waals surface area contributed by atoms with Crippen molar-refractivity contribution in [1.29, 1.82) is 0 Å². The Balaban J connectivity index is 1.98. The molecule has 0 N–H and O–H groups in total. The summed E-state index contributed by atoms with van der Waals surface area (Å²) in [5.74, 6) is -0.494. The smallest absolute Gasteiger partial charge is 0.415 e. The number of aromatic nitrogens is 1.